The van der Waals surface area contributed by atoms with Crippen molar-refractivity contribution >= 4 is 17.5 Å². The third-order valence-corrected chi connectivity index (χ3v) is 8.94. The first kappa shape index (κ1) is 31.2. The maximum atomic E-state index is 14.1. The highest BCUT2D eigenvalue weighted by Crippen LogP contribution is 2.43. The number of nitrogens with one attached hydrogen (secondary N) is 2. The number of nitrogens with zero attached hydrogens (tertiary/aromatic N) is 4. The second-order valence-corrected chi connectivity index (χ2v) is 12.5. The zero-order valence-corrected chi connectivity index (χ0v) is 24.5. The molecular formula is C31H35F5N6O3. The maximum absolute atomic E-state index is 14.1. The quantitative estimate of drug-likeness (QED) is 0.241. The van der Waals surface area contributed by atoms with Gasteiger partial charge in [0.2, 0.25) is 17.7 Å². The lowest BCUT2D eigenvalue weighted by Gasteiger charge is -2.33. The molecule has 3 heterocycles. The Morgan fingerprint density at radius 2 is 1.76 bits per heavy atom. The first-order chi connectivity index (χ1) is 21.4. The Morgan fingerprint density at radius 1 is 1.02 bits per heavy atom. The van der Waals surface area contributed by atoms with E-state index in [9.17, 15) is 31.5 Å². The predicted molar refractivity (Wildman–Crippen MR) is 151 cm³/mol. The van der Waals surface area contributed by atoms with Gasteiger partial charge in [0.25, 0.3) is 5.91 Å². The summed E-state index contributed by atoms with van der Waals surface area (Å²) < 4.78 is 73.4. The number of pyridine rings is 1. The van der Waals surface area contributed by atoms with E-state index in [0.29, 0.717) is 28.3 Å². The van der Waals surface area contributed by atoms with E-state index in [-0.39, 0.29) is 43.6 Å². The van der Waals surface area contributed by atoms with Crippen LogP contribution in [0, 0.1) is 11.8 Å². The van der Waals surface area contributed by atoms with Gasteiger partial charge in [-0.3, -0.25) is 9.59 Å². The van der Waals surface area contributed by atoms with E-state index >= 15 is 0 Å². The Morgan fingerprint density at radius 3 is 2.42 bits per heavy atom. The van der Waals surface area contributed by atoms with Crippen molar-refractivity contribution in [3.63, 3.8) is 0 Å². The molecule has 0 aliphatic heterocycles. The molecule has 0 bridgehead atoms. The molecule has 6 rings (SSSR count). The summed E-state index contributed by atoms with van der Waals surface area (Å²) in [5, 5.41) is 10.2. The molecule has 2 atom stereocenters. The highest BCUT2D eigenvalue weighted by atomic mass is 19.4. The van der Waals surface area contributed by atoms with Crippen molar-refractivity contribution in [2.75, 3.05) is 0 Å². The number of carbonyl (C=O) groups excluding carboxylic acids is 2. The number of amides is 2. The van der Waals surface area contributed by atoms with Gasteiger partial charge < -0.3 is 15.4 Å². The van der Waals surface area contributed by atoms with E-state index in [1.807, 2.05) is 0 Å². The van der Waals surface area contributed by atoms with Crippen molar-refractivity contribution in [2.45, 2.75) is 101 Å². The van der Waals surface area contributed by atoms with Crippen molar-refractivity contribution in [1.82, 2.24) is 30.2 Å². The molecule has 0 aromatic carbocycles. The third kappa shape index (κ3) is 7.88. The van der Waals surface area contributed by atoms with Gasteiger partial charge in [-0.25, -0.2) is 23.3 Å². The fourth-order valence-corrected chi connectivity index (χ4v) is 5.96. The molecule has 242 valence electrons. The van der Waals surface area contributed by atoms with Gasteiger partial charge in [-0.15, -0.1) is 0 Å². The minimum absolute atomic E-state index is 0.0768. The van der Waals surface area contributed by atoms with Gasteiger partial charge in [0, 0.05) is 37.1 Å². The third-order valence-electron chi connectivity index (χ3n) is 8.94. The second kappa shape index (κ2) is 12.5. The van der Waals surface area contributed by atoms with E-state index in [2.05, 4.69) is 20.7 Å². The van der Waals surface area contributed by atoms with Crippen LogP contribution in [0.25, 0.3) is 5.65 Å². The molecule has 14 heteroatoms. The normalized spacial score (nSPS) is 20.3. The summed E-state index contributed by atoms with van der Waals surface area (Å²) in [7, 11) is 0. The van der Waals surface area contributed by atoms with Gasteiger partial charge in [-0.1, -0.05) is 0 Å². The van der Waals surface area contributed by atoms with Crippen LogP contribution in [-0.4, -0.2) is 49.6 Å². The monoisotopic (exact) mass is 634 g/mol. The number of hydrogen-bond donors (Lipinski definition) is 2. The van der Waals surface area contributed by atoms with Crippen LogP contribution in [0.4, 0.5) is 22.0 Å². The Bertz CT molecular complexity index is 1530. The molecule has 2 N–H and O–H groups in total. The average Bonchev–Trinajstić information content (AvgIpc) is 3.73. The van der Waals surface area contributed by atoms with E-state index in [0.717, 1.165) is 32.1 Å². The van der Waals surface area contributed by atoms with Crippen LogP contribution in [0.2, 0.25) is 0 Å². The van der Waals surface area contributed by atoms with Crippen LogP contribution < -0.4 is 15.4 Å². The summed E-state index contributed by atoms with van der Waals surface area (Å²) in [6, 6.07) is 3.64. The number of ether oxygens (including phenoxy) is 1. The summed E-state index contributed by atoms with van der Waals surface area (Å²) in [5.74, 6) is -3.75. The number of rotatable bonds is 11. The number of hydrogen-bond acceptors (Lipinski definition) is 6. The molecule has 9 nitrogen and oxygen atoms in total. The van der Waals surface area contributed by atoms with Crippen molar-refractivity contribution in [2.24, 2.45) is 11.8 Å². The molecule has 3 aliphatic carbocycles. The van der Waals surface area contributed by atoms with Crippen LogP contribution in [0.1, 0.15) is 104 Å². The topological polar surface area (TPSA) is 111 Å². The second-order valence-electron chi connectivity index (χ2n) is 12.5. The van der Waals surface area contributed by atoms with Gasteiger partial charge in [-0.05, 0) is 74.5 Å². The SMILES string of the molecule is O=C(CCC(F)(F)F)NC(c1cnn2cc([C@@H](NC(=O)c3ccnc(OC4CCC4)c3)C3CCC(F)(F)CC3)nc2c1)C1CC1. The molecular weight excluding hydrogens is 599 g/mol. The number of imidazole rings is 1. The van der Waals surface area contributed by atoms with Gasteiger partial charge in [0.1, 0.15) is 6.10 Å². The Kier molecular flexibility index (Phi) is 8.66. The highest BCUT2D eigenvalue weighted by Gasteiger charge is 2.40. The Balaban J connectivity index is 1.23. The van der Waals surface area contributed by atoms with Gasteiger partial charge in [0.05, 0.1) is 36.6 Å². The van der Waals surface area contributed by atoms with Crippen molar-refractivity contribution in [3.05, 3.63) is 53.6 Å². The number of aromatic nitrogens is 4. The molecule has 3 fully saturated rings. The first-order valence-electron chi connectivity index (χ1n) is 15.5. The van der Waals surface area contributed by atoms with Gasteiger partial charge >= 0.3 is 6.18 Å². The van der Waals surface area contributed by atoms with Crippen LogP contribution in [0.5, 0.6) is 5.88 Å². The smallest absolute Gasteiger partial charge is 0.389 e. The van der Waals surface area contributed by atoms with Crippen molar-refractivity contribution in [1.29, 1.82) is 0 Å². The van der Waals surface area contributed by atoms with Crippen LogP contribution in [0.15, 0.2) is 36.8 Å². The fraction of sp³-hybridized carbons (Fsp3) is 0.581. The zero-order valence-electron chi connectivity index (χ0n) is 24.5. The van der Waals surface area contributed by atoms with Crippen LogP contribution in [0.3, 0.4) is 0 Å². The Labute approximate surface area is 256 Å². The lowest BCUT2D eigenvalue weighted by atomic mass is 9.81. The average molecular weight is 635 g/mol. The largest absolute Gasteiger partial charge is 0.474 e. The summed E-state index contributed by atoms with van der Waals surface area (Å²) in [6.45, 7) is 0. The fourth-order valence-electron chi connectivity index (χ4n) is 5.96. The van der Waals surface area contributed by atoms with Crippen LogP contribution in [-0.2, 0) is 4.79 Å². The van der Waals surface area contributed by atoms with Gasteiger partial charge in [-0.2, -0.15) is 18.3 Å². The molecule has 3 aromatic heterocycles. The zero-order chi connectivity index (χ0) is 31.8. The number of alkyl halides is 5. The van der Waals surface area contributed by atoms with E-state index in [1.165, 1.54) is 10.7 Å². The van der Waals surface area contributed by atoms with Crippen LogP contribution >= 0.6 is 0 Å². The van der Waals surface area contributed by atoms with E-state index < -0.39 is 48.8 Å². The molecule has 0 radical (unpaired) electrons. The molecule has 3 aliphatic rings. The predicted octanol–water partition coefficient (Wildman–Crippen LogP) is 6.26. The molecule has 0 saturated heterocycles. The number of carbonyl (C=O) groups is 2. The molecule has 2 amide bonds. The molecule has 1 unspecified atom stereocenters. The Hall–Kier alpha value is -3.84. The highest BCUT2D eigenvalue weighted by molar-refractivity contribution is 5.94. The standard InChI is InChI=1S/C31H35F5N6O3/c32-30(33)10-6-19(7-11-30)28(41-29(44)20-9-13-37-26(15-20)45-22-2-1-3-22)23-17-42-24(39-23)14-21(16-38-42)27(18-4-5-18)40-25(43)8-12-31(34,35)36/h9,13-19,22,27-28H,1-8,10-12H2,(H,40,43)(H,41,44)/t27?,28-/m0/s1. The summed E-state index contributed by atoms with van der Waals surface area (Å²) in [6.07, 6.45) is 2.82. The summed E-state index contributed by atoms with van der Waals surface area (Å²) in [4.78, 5) is 34.7. The molecule has 0 spiro atoms. The molecule has 3 aromatic rings. The van der Waals surface area contributed by atoms with Crippen molar-refractivity contribution in [3.8, 4) is 5.88 Å². The molecule has 45 heavy (non-hydrogen) atoms. The summed E-state index contributed by atoms with van der Waals surface area (Å²) in [5.41, 5.74) is 1.78. The van der Waals surface area contributed by atoms with E-state index in [1.54, 1.807) is 30.6 Å². The lowest BCUT2D eigenvalue weighted by molar-refractivity contribution is -0.144. The number of halogens is 5. The molecule has 3 saturated carbocycles. The van der Waals surface area contributed by atoms with E-state index in [4.69, 9.17) is 9.72 Å². The first-order valence-corrected chi connectivity index (χ1v) is 15.5. The maximum Gasteiger partial charge on any atom is 0.389 e. The van der Waals surface area contributed by atoms with Crippen molar-refractivity contribution < 1.29 is 36.3 Å². The number of fused-ring (bicyclic) bond motifs is 1. The minimum atomic E-state index is -4.43. The lowest BCUT2D eigenvalue weighted by Crippen LogP contribution is -2.37. The summed E-state index contributed by atoms with van der Waals surface area (Å²) >= 11 is 0. The minimum Gasteiger partial charge on any atom is -0.474 e. The van der Waals surface area contributed by atoms with Gasteiger partial charge in [0.15, 0.2) is 5.65 Å².